The molecule has 148 valence electrons. The van der Waals surface area contributed by atoms with E-state index in [9.17, 15) is 22.8 Å². The molecule has 0 radical (unpaired) electrons. The molecule has 5 nitrogen and oxygen atoms in total. The summed E-state index contributed by atoms with van der Waals surface area (Å²) in [4.78, 5) is 25.7. The molecular formula is C20H20F3N3O2. The predicted molar refractivity (Wildman–Crippen MR) is 99.7 cm³/mol. The van der Waals surface area contributed by atoms with Gasteiger partial charge in [-0.05, 0) is 49.1 Å². The topological polar surface area (TPSA) is 61.4 Å². The average Bonchev–Trinajstić information content (AvgIpc) is 2.63. The summed E-state index contributed by atoms with van der Waals surface area (Å²) in [7, 11) is 0. The number of aryl methyl sites for hydroxylation is 2. The minimum absolute atomic E-state index is 0.0779. The van der Waals surface area contributed by atoms with Crippen molar-refractivity contribution >= 4 is 23.2 Å². The number of fused-ring (bicyclic) bond motifs is 1. The summed E-state index contributed by atoms with van der Waals surface area (Å²) in [5, 5.41) is 4.82. The van der Waals surface area contributed by atoms with Gasteiger partial charge < -0.3 is 15.5 Å². The maximum Gasteiger partial charge on any atom is 0.243 e. The minimum Gasteiger partial charge on any atom is -0.360 e. The molecule has 0 bridgehead atoms. The molecule has 0 aliphatic carbocycles. The molecule has 2 amide bonds. The van der Waals surface area contributed by atoms with Crippen LogP contribution >= 0.6 is 0 Å². The maximum absolute atomic E-state index is 14.4. The van der Waals surface area contributed by atoms with Crippen LogP contribution in [0, 0.1) is 24.4 Å². The van der Waals surface area contributed by atoms with E-state index < -0.39 is 23.4 Å². The number of rotatable bonds is 5. The Labute approximate surface area is 160 Å². The molecule has 0 saturated carbocycles. The van der Waals surface area contributed by atoms with Crippen LogP contribution in [0.4, 0.5) is 24.5 Å². The van der Waals surface area contributed by atoms with Crippen molar-refractivity contribution in [1.29, 1.82) is 0 Å². The number of nitrogens with one attached hydrogen (secondary N) is 2. The van der Waals surface area contributed by atoms with Gasteiger partial charge in [-0.3, -0.25) is 9.59 Å². The van der Waals surface area contributed by atoms with Crippen molar-refractivity contribution in [2.45, 2.75) is 19.8 Å². The highest BCUT2D eigenvalue weighted by Crippen LogP contribution is 2.30. The number of hydrogen-bond acceptors (Lipinski definition) is 3. The highest BCUT2D eigenvalue weighted by molar-refractivity contribution is 5.95. The minimum atomic E-state index is -1.08. The molecule has 8 heteroatoms. The van der Waals surface area contributed by atoms with Crippen molar-refractivity contribution in [2.75, 3.05) is 29.9 Å². The Bertz CT molecular complexity index is 918. The largest absolute Gasteiger partial charge is 0.360 e. The van der Waals surface area contributed by atoms with Crippen LogP contribution in [0.1, 0.15) is 17.5 Å². The van der Waals surface area contributed by atoms with E-state index in [4.69, 9.17) is 0 Å². The van der Waals surface area contributed by atoms with Gasteiger partial charge in [0.1, 0.15) is 5.82 Å². The van der Waals surface area contributed by atoms with Gasteiger partial charge in [0, 0.05) is 18.3 Å². The van der Waals surface area contributed by atoms with Gasteiger partial charge in [-0.2, -0.15) is 0 Å². The molecular weight excluding hydrogens is 371 g/mol. The number of anilines is 2. The zero-order chi connectivity index (χ0) is 20.3. The lowest BCUT2D eigenvalue weighted by Gasteiger charge is -2.31. The highest BCUT2D eigenvalue weighted by atomic mass is 19.2. The van der Waals surface area contributed by atoms with Crippen LogP contribution in [0.15, 0.2) is 30.3 Å². The van der Waals surface area contributed by atoms with Gasteiger partial charge in [0.15, 0.2) is 11.6 Å². The number of amides is 2. The van der Waals surface area contributed by atoms with Crippen LogP contribution in [0.2, 0.25) is 0 Å². The Kier molecular flexibility index (Phi) is 5.87. The summed E-state index contributed by atoms with van der Waals surface area (Å²) in [5.41, 5.74) is 2.21. The molecule has 0 atom stereocenters. The summed E-state index contributed by atoms with van der Waals surface area (Å²) in [6.07, 6.45) is 1.56. The third kappa shape index (κ3) is 4.62. The Morgan fingerprint density at radius 1 is 1.04 bits per heavy atom. The molecule has 2 N–H and O–H groups in total. The number of hydrogen-bond donors (Lipinski definition) is 2. The van der Waals surface area contributed by atoms with E-state index >= 15 is 0 Å². The zero-order valence-corrected chi connectivity index (χ0v) is 15.3. The van der Waals surface area contributed by atoms with E-state index in [0.29, 0.717) is 12.2 Å². The third-order valence-electron chi connectivity index (χ3n) is 4.46. The first-order valence-electron chi connectivity index (χ1n) is 8.89. The lowest BCUT2D eigenvalue weighted by atomic mass is 9.99. The fourth-order valence-corrected chi connectivity index (χ4v) is 3.27. The van der Waals surface area contributed by atoms with Gasteiger partial charge in [-0.25, -0.2) is 13.2 Å². The van der Waals surface area contributed by atoms with E-state index in [1.165, 1.54) is 12.1 Å². The third-order valence-corrected chi connectivity index (χ3v) is 4.46. The molecule has 2 aromatic rings. The van der Waals surface area contributed by atoms with Crippen molar-refractivity contribution in [3.05, 3.63) is 58.9 Å². The van der Waals surface area contributed by atoms with Gasteiger partial charge in [0.05, 0.1) is 18.8 Å². The summed E-state index contributed by atoms with van der Waals surface area (Å²) in [6.45, 7) is 1.95. The lowest BCUT2D eigenvalue weighted by Crippen LogP contribution is -2.42. The molecule has 1 heterocycles. The Morgan fingerprint density at radius 2 is 1.82 bits per heavy atom. The van der Waals surface area contributed by atoms with Crippen molar-refractivity contribution in [1.82, 2.24) is 5.32 Å². The number of carbonyl (C=O) groups is 2. The van der Waals surface area contributed by atoms with Crippen molar-refractivity contribution < 1.29 is 22.8 Å². The fourth-order valence-electron chi connectivity index (χ4n) is 3.27. The number of carbonyl (C=O) groups excluding carboxylic acids is 2. The van der Waals surface area contributed by atoms with Crippen LogP contribution in [0.5, 0.6) is 0 Å². The molecule has 0 unspecified atom stereocenters. The molecule has 0 saturated heterocycles. The number of nitrogens with zero attached hydrogens (tertiary/aromatic N) is 1. The van der Waals surface area contributed by atoms with Crippen LogP contribution in [-0.4, -0.2) is 31.4 Å². The Hall–Kier alpha value is -3.03. The first-order chi connectivity index (χ1) is 13.3. The summed E-state index contributed by atoms with van der Waals surface area (Å²) >= 11 is 0. The molecule has 0 spiro atoms. The van der Waals surface area contributed by atoms with Gasteiger partial charge in [0.25, 0.3) is 0 Å². The molecule has 28 heavy (non-hydrogen) atoms. The van der Waals surface area contributed by atoms with E-state index in [2.05, 4.69) is 10.6 Å². The molecule has 3 rings (SSSR count). The molecule has 0 aromatic heterocycles. The van der Waals surface area contributed by atoms with E-state index in [1.807, 2.05) is 13.0 Å². The fraction of sp³-hybridized carbons (Fsp3) is 0.300. The van der Waals surface area contributed by atoms with Crippen LogP contribution in [0.25, 0.3) is 0 Å². The quantitative estimate of drug-likeness (QED) is 0.824. The van der Waals surface area contributed by atoms with E-state index in [1.54, 1.807) is 4.90 Å². The highest BCUT2D eigenvalue weighted by Gasteiger charge is 2.23. The second-order valence-corrected chi connectivity index (χ2v) is 6.73. The summed E-state index contributed by atoms with van der Waals surface area (Å²) in [6, 6.07) is 6.31. The molecule has 1 aliphatic rings. The van der Waals surface area contributed by atoms with Gasteiger partial charge in [0.2, 0.25) is 11.8 Å². The van der Waals surface area contributed by atoms with Gasteiger partial charge in [-0.1, -0.05) is 6.07 Å². The normalized spacial score (nSPS) is 13.1. The second-order valence-electron chi connectivity index (χ2n) is 6.73. The van der Waals surface area contributed by atoms with Crippen LogP contribution < -0.4 is 15.5 Å². The monoisotopic (exact) mass is 391 g/mol. The second kappa shape index (κ2) is 8.33. The molecule has 2 aromatic carbocycles. The smallest absolute Gasteiger partial charge is 0.243 e. The molecule has 1 aliphatic heterocycles. The van der Waals surface area contributed by atoms with Crippen LogP contribution in [0.3, 0.4) is 0 Å². The van der Waals surface area contributed by atoms with Crippen molar-refractivity contribution in [2.24, 2.45) is 0 Å². The molecule has 0 fully saturated rings. The standard InChI is InChI=1S/C20H20F3N3O2/c1-12-7-13-3-2-6-26(20(13)17(23)8-12)11-19(28)24-10-18(27)25-14-4-5-15(21)16(22)9-14/h4-5,7-9H,2-3,6,10-11H2,1H3,(H,24,28)(H,25,27). The Balaban J connectivity index is 1.55. The SMILES string of the molecule is Cc1cc(F)c2c(c1)CCCN2CC(=O)NCC(=O)Nc1ccc(F)c(F)c1. The van der Waals surface area contributed by atoms with Gasteiger partial charge >= 0.3 is 0 Å². The zero-order valence-electron chi connectivity index (χ0n) is 15.3. The van der Waals surface area contributed by atoms with E-state index in [0.717, 1.165) is 36.1 Å². The summed E-state index contributed by atoms with van der Waals surface area (Å²) < 4.78 is 40.4. The van der Waals surface area contributed by atoms with Gasteiger partial charge in [-0.15, -0.1) is 0 Å². The number of benzene rings is 2. The Morgan fingerprint density at radius 3 is 2.57 bits per heavy atom. The van der Waals surface area contributed by atoms with Crippen LogP contribution in [-0.2, 0) is 16.0 Å². The predicted octanol–water partition coefficient (Wildman–Crippen LogP) is 2.92. The lowest BCUT2D eigenvalue weighted by molar-refractivity contribution is -0.123. The number of halogens is 3. The first-order valence-corrected chi connectivity index (χ1v) is 8.89. The van der Waals surface area contributed by atoms with Crippen molar-refractivity contribution in [3.8, 4) is 0 Å². The van der Waals surface area contributed by atoms with E-state index in [-0.39, 0.29) is 24.6 Å². The average molecular weight is 391 g/mol. The van der Waals surface area contributed by atoms with Crippen molar-refractivity contribution in [3.63, 3.8) is 0 Å². The first kappa shape index (κ1) is 19.7. The maximum atomic E-state index is 14.4. The summed E-state index contributed by atoms with van der Waals surface area (Å²) in [5.74, 6) is -3.48.